The molecule has 0 aliphatic carbocycles. The summed E-state index contributed by atoms with van der Waals surface area (Å²) in [5.41, 5.74) is 8.29. The third kappa shape index (κ3) is 5.65. The van der Waals surface area contributed by atoms with Gasteiger partial charge in [-0.15, -0.1) is 5.10 Å². The van der Waals surface area contributed by atoms with Crippen LogP contribution in [0.15, 0.2) is 152 Å². The fraction of sp³-hybridized carbons (Fsp3) is 0.116. The monoisotopic (exact) mass is 662 g/mol. The van der Waals surface area contributed by atoms with Crippen molar-refractivity contribution in [3.05, 3.63) is 185 Å². The quantitative estimate of drug-likeness (QED) is 0.136. The lowest BCUT2D eigenvalue weighted by Crippen LogP contribution is -2.39. The lowest BCUT2D eigenvalue weighted by molar-refractivity contribution is 0.451. The number of imidazole rings is 1. The summed E-state index contributed by atoms with van der Waals surface area (Å²) in [6.45, 7) is 2.74. The van der Waals surface area contributed by atoms with Crippen LogP contribution in [0.1, 0.15) is 47.1 Å². The minimum atomic E-state index is -0.858. The van der Waals surface area contributed by atoms with Gasteiger partial charge in [0.05, 0.1) is 6.54 Å². The van der Waals surface area contributed by atoms with Crippen LogP contribution in [-0.2, 0) is 18.5 Å². The van der Waals surface area contributed by atoms with Crippen molar-refractivity contribution in [1.82, 2.24) is 34.7 Å². The van der Waals surface area contributed by atoms with Gasteiger partial charge in [-0.1, -0.05) is 146 Å². The molecule has 51 heavy (non-hydrogen) atoms. The number of aryl methyl sites for hydroxylation is 1. The maximum Gasteiger partial charge on any atom is 0.184 e. The van der Waals surface area contributed by atoms with Crippen molar-refractivity contribution in [2.45, 2.75) is 31.8 Å². The molecular formula is C43H34N8. The highest BCUT2D eigenvalue weighted by Gasteiger charge is 2.42. The molecule has 3 heterocycles. The van der Waals surface area contributed by atoms with Crippen molar-refractivity contribution in [3.63, 3.8) is 0 Å². The second kappa shape index (κ2) is 13.7. The zero-order chi connectivity index (χ0) is 34.6. The molecule has 0 bridgehead atoms. The summed E-state index contributed by atoms with van der Waals surface area (Å²) in [6.07, 6.45) is 1.79. The standard InChI is InChI=1S/C43H34N8/c1-2-14-40-46-39-28-27-36(29-44)45-42(39)50(40)30-31-23-25-32(26-24-31)37-21-12-13-22-38(37)41-47-48-49-51(41)43(33-15-6-3-7-16-33,34-17-8-4-9-18-34)35-19-10-5-11-20-35/h3-13,15-28H,2,14,30H2,1H3. The van der Waals surface area contributed by atoms with Crippen molar-refractivity contribution < 1.29 is 0 Å². The first-order valence-corrected chi connectivity index (χ1v) is 17.1. The zero-order valence-corrected chi connectivity index (χ0v) is 28.1. The van der Waals surface area contributed by atoms with E-state index in [9.17, 15) is 5.26 Å². The molecule has 5 aromatic carbocycles. The van der Waals surface area contributed by atoms with Gasteiger partial charge in [-0.2, -0.15) is 5.26 Å². The van der Waals surface area contributed by atoms with Crippen LogP contribution in [0, 0.1) is 11.3 Å². The molecule has 8 heteroatoms. The van der Waals surface area contributed by atoms with Crippen molar-refractivity contribution >= 4 is 11.2 Å². The summed E-state index contributed by atoms with van der Waals surface area (Å²) in [6, 6.07) is 54.0. The molecule has 0 N–H and O–H groups in total. The number of hydrogen-bond donors (Lipinski definition) is 0. The highest BCUT2D eigenvalue weighted by atomic mass is 15.6. The second-order valence-corrected chi connectivity index (χ2v) is 12.5. The van der Waals surface area contributed by atoms with E-state index in [1.54, 1.807) is 6.07 Å². The SMILES string of the molecule is CCCc1nc2ccc(C#N)nc2n1Cc1ccc(-c2ccccc2-c2nnnn2C(c2ccccc2)(c2ccccc2)c2ccccc2)cc1. The van der Waals surface area contributed by atoms with Gasteiger partial charge in [0.15, 0.2) is 11.5 Å². The average Bonchev–Trinajstić information content (AvgIpc) is 3.82. The molecule has 246 valence electrons. The van der Waals surface area contributed by atoms with E-state index in [1.807, 2.05) is 41.1 Å². The van der Waals surface area contributed by atoms with Crippen LogP contribution < -0.4 is 0 Å². The van der Waals surface area contributed by atoms with Gasteiger partial charge in [0.25, 0.3) is 0 Å². The number of rotatable bonds is 10. The minimum Gasteiger partial charge on any atom is -0.308 e. The summed E-state index contributed by atoms with van der Waals surface area (Å²) < 4.78 is 4.11. The highest BCUT2D eigenvalue weighted by molar-refractivity contribution is 5.81. The van der Waals surface area contributed by atoms with E-state index in [4.69, 9.17) is 15.3 Å². The number of pyridine rings is 1. The van der Waals surface area contributed by atoms with Gasteiger partial charge in [0.2, 0.25) is 0 Å². The molecule has 0 spiro atoms. The molecule has 0 aliphatic rings. The van der Waals surface area contributed by atoms with Gasteiger partial charge in [-0.05, 0) is 62.4 Å². The Morgan fingerprint density at radius 3 is 1.82 bits per heavy atom. The van der Waals surface area contributed by atoms with E-state index < -0.39 is 5.54 Å². The van der Waals surface area contributed by atoms with E-state index in [1.165, 1.54) is 0 Å². The van der Waals surface area contributed by atoms with Crippen LogP contribution in [0.25, 0.3) is 33.7 Å². The van der Waals surface area contributed by atoms with Crippen molar-refractivity contribution in [2.24, 2.45) is 0 Å². The maximum atomic E-state index is 9.50. The fourth-order valence-corrected chi connectivity index (χ4v) is 7.08. The summed E-state index contributed by atoms with van der Waals surface area (Å²) >= 11 is 0. The third-order valence-corrected chi connectivity index (χ3v) is 9.39. The zero-order valence-electron chi connectivity index (χ0n) is 28.1. The highest BCUT2D eigenvalue weighted by Crippen LogP contribution is 2.43. The van der Waals surface area contributed by atoms with Gasteiger partial charge in [-0.3, -0.25) is 0 Å². The van der Waals surface area contributed by atoms with Crippen LogP contribution in [0.4, 0.5) is 0 Å². The second-order valence-electron chi connectivity index (χ2n) is 12.5. The summed E-state index contributed by atoms with van der Waals surface area (Å²) in [5.74, 6) is 1.62. The number of aromatic nitrogens is 7. The Hall–Kier alpha value is -6.72. The molecule has 0 fully saturated rings. The van der Waals surface area contributed by atoms with E-state index in [2.05, 4.69) is 137 Å². The molecule has 0 amide bonds. The van der Waals surface area contributed by atoms with Gasteiger partial charge < -0.3 is 4.57 Å². The Kier molecular flexibility index (Phi) is 8.44. The minimum absolute atomic E-state index is 0.386. The first kappa shape index (κ1) is 31.5. The summed E-state index contributed by atoms with van der Waals surface area (Å²) in [7, 11) is 0. The van der Waals surface area contributed by atoms with Crippen LogP contribution in [0.2, 0.25) is 0 Å². The van der Waals surface area contributed by atoms with Crippen molar-refractivity contribution in [1.29, 1.82) is 5.26 Å². The predicted molar refractivity (Wildman–Crippen MR) is 199 cm³/mol. The first-order valence-electron chi connectivity index (χ1n) is 17.1. The lowest BCUT2D eigenvalue weighted by atomic mass is 9.77. The molecule has 0 saturated heterocycles. The third-order valence-electron chi connectivity index (χ3n) is 9.39. The van der Waals surface area contributed by atoms with Crippen LogP contribution in [-0.4, -0.2) is 34.7 Å². The van der Waals surface area contributed by atoms with Crippen LogP contribution >= 0.6 is 0 Å². The molecule has 0 radical (unpaired) electrons. The molecule has 3 aromatic heterocycles. The van der Waals surface area contributed by atoms with Crippen LogP contribution in [0.3, 0.4) is 0 Å². The van der Waals surface area contributed by atoms with Crippen molar-refractivity contribution in [2.75, 3.05) is 0 Å². The van der Waals surface area contributed by atoms with E-state index in [0.29, 0.717) is 18.1 Å². The number of hydrogen-bond acceptors (Lipinski definition) is 6. The topological polar surface area (TPSA) is 98.1 Å². The molecule has 8 aromatic rings. The summed E-state index contributed by atoms with van der Waals surface area (Å²) in [5, 5.41) is 23.3. The van der Waals surface area contributed by atoms with Gasteiger partial charge in [0, 0.05) is 12.0 Å². The largest absolute Gasteiger partial charge is 0.308 e. The number of nitrogens with zero attached hydrogens (tertiary/aromatic N) is 8. The Balaban J connectivity index is 1.24. The maximum absolute atomic E-state index is 9.50. The molecule has 8 nitrogen and oxygen atoms in total. The number of fused-ring (bicyclic) bond motifs is 1. The first-order chi connectivity index (χ1) is 25.2. The number of nitriles is 1. The lowest BCUT2D eigenvalue weighted by Gasteiger charge is -2.36. The van der Waals surface area contributed by atoms with E-state index >= 15 is 0 Å². The Bertz CT molecular complexity index is 2360. The average molecular weight is 663 g/mol. The smallest absolute Gasteiger partial charge is 0.184 e. The van der Waals surface area contributed by atoms with Gasteiger partial charge in [0.1, 0.15) is 28.6 Å². The fourth-order valence-electron chi connectivity index (χ4n) is 7.08. The molecule has 0 saturated carbocycles. The Morgan fingerprint density at radius 2 is 1.24 bits per heavy atom. The Labute approximate surface area is 296 Å². The van der Waals surface area contributed by atoms with Crippen LogP contribution in [0.5, 0.6) is 0 Å². The van der Waals surface area contributed by atoms with E-state index in [-0.39, 0.29) is 0 Å². The molecular weight excluding hydrogens is 629 g/mol. The molecule has 8 rings (SSSR count). The molecule has 0 unspecified atom stereocenters. The summed E-state index contributed by atoms with van der Waals surface area (Å²) in [4.78, 5) is 9.45. The van der Waals surface area contributed by atoms with Gasteiger partial charge >= 0.3 is 0 Å². The Morgan fingerprint density at radius 1 is 0.647 bits per heavy atom. The van der Waals surface area contributed by atoms with E-state index in [0.717, 1.165) is 68.8 Å². The number of tetrazole rings is 1. The molecule has 0 atom stereocenters. The number of benzene rings is 5. The normalized spacial score (nSPS) is 11.5. The van der Waals surface area contributed by atoms with Crippen molar-refractivity contribution in [3.8, 4) is 28.6 Å². The van der Waals surface area contributed by atoms with Gasteiger partial charge in [-0.25, -0.2) is 14.6 Å². The molecule has 0 aliphatic heterocycles. The predicted octanol–water partition coefficient (Wildman–Crippen LogP) is 8.46.